The van der Waals surface area contributed by atoms with Crippen LogP contribution in [0.3, 0.4) is 0 Å². The van der Waals surface area contributed by atoms with Gasteiger partial charge in [0.25, 0.3) is 0 Å². The lowest BCUT2D eigenvalue weighted by Gasteiger charge is -2.25. The first-order chi connectivity index (χ1) is 5.12. The molecule has 3 heteroatoms. The van der Waals surface area contributed by atoms with Gasteiger partial charge in [-0.25, -0.2) is 0 Å². The summed E-state index contributed by atoms with van der Waals surface area (Å²) in [7, 11) is 0. The smallest absolute Gasteiger partial charge is 0.118 e. The van der Waals surface area contributed by atoms with Crippen LogP contribution < -0.4 is 16.8 Å². The van der Waals surface area contributed by atoms with Gasteiger partial charge in [0.05, 0.1) is 0 Å². The molecule has 68 valence electrons. The monoisotopic (exact) mass is 159 g/mol. The molecule has 0 aliphatic rings. The van der Waals surface area contributed by atoms with E-state index in [9.17, 15) is 0 Å². The zero-order valence-electron chi connectivity index (χ0n) is 7.69. The third kappa shape index (κ3) is 6.28. The third-order valence-corrected chi connectivity index (χ3v) is 1.65. The van der Waals surface area contributed by atoms with E-state index >= 15 is 0 Å². The molecule has 5 N–H and O–H groups in total. The second kappa shape index (κ2) is 5.52. The van der Waals surface area contributed by atoms with Crippen molar-refractivity contribution in [1.82, 2.24) is 5.32 Å². The van der Waals surface area contributed by atoms with E-state index in [1.165, 1.54) is 6.42 Å². The van der Waals surface area contributed by atoms with E-state index in [1.807, 2.05) is 0 Å². The van der Waals surface area contributed by atoms with Crippen molar-refractivity contribution in [2.45, 2.75) is 45.3 Å². The van der Waals surface area contributed by atoms with Crippen LogP contribution in [0.4, 0.5) is 0 Å². The van der Waals surface area contributed by atoms with E-state index < -0.39 is 5.79 Å². The standard InChI is InChI=1S/C8H21N3/c1-3-5-7-11-8(9,10)6-4-2/h11H,3-7,9-10H2,1-2H3. The lowest BCUT2D eigenvalue weighted by molar-refractivity contribution is 0.318. The maximum absolute atomic E-state index is 5.73. The Bertz CT molecular complexity index is 91.3. The maximum Gasteiger partial charge on any atom is 0.118 e. The molecule has 0 bridgehead atoms. The molecule has 0 atom stereocenters. The molecule has 0 saturated carbocycles. The summed E-state index contributed by atoms with van der Waals surface area (Å²) < 4.78 is 0. The molecule has 0 rings (SSSR count). The van der Waals surface area contributed by atoms with Crippen LogP contribution in [0.15, 0.2) is 0 Å². The molecule has 0 aromatic carbocycles. The number of hydrogen-bond acceptors (Lipinski definition) is 3. The topological polar surface area (TPSA) is 64.1 Å². The molecule has 0 fully saturated rings. The van der Waals surface area contributed by atoms with Crippen molar-refractivity contribution in [2.75, 3.05) is 6.54 Å². The Morgan fingerprint density at radius 3 is 2.27 bits per heavy atom. The van der Waals surface area contributed by atoms with Crippen LogP contribution in [0.2, 0.25) is 0 Å². The molecule has 0 aromatic rings. The lowest BCUT2D eigenvalue weighted by atomic mass is 10.2. The normalized spacial score (nSPS) is 12.0. The Hall–Kier alpha value is -0.120. The zero-order valence-corrected chi connectivity index (χ0v) is 7.69. The molecule has 0 spiro atoms. The van der Waals surface area contributed by atoms with Crippen molar-refractivity contribution >= 4 is 0 Å². The Labute approximate surface area is 69.5 Å². The first-order valence-electron chi connectivity index (χ1n) is 4.45. The van der Waals surface area contributed by atoms with Crippen LogP contribution >= 0.6 is 0 Å². The summed E-state index contributed by atoms with van der Waals surface area (Å²) in [6, 6.07) is 0. The molecule has 0 aliphatic heterocycles. The average Bonchev–Trinajstić information content (AvgIpc) is 1.87. The fourth-order valence-corrected chi connectivity index (χ4v) is 1.000. The number of nitrogens with two attached hydrogens (primary N) is 2. The highest BCUT2D eigenvalue weighted by Gasteiger charge is 2.14. The quantitative estimate of drug-likeness (QED) is 0.396. The minimum absolute atomic E-state index is 0.649. The fourth-order valence-electron chi connectivity index (χ4n) is 1.000. The van der Waals surface area contributed by atoms with Crippen LogP contribution in [-0.4, -0.2) is 12.3 Å². The van der Waals surface area contributed by atoms with E-state index in [-0.39, 0.29) is 0 Å². The second-order valence-electron chi connectivity index (χ2n) is 3.07. The van der Waals surface area contributed by atoms with E-state index in [4.69, 9.17) is 11.5 Å². The molecule has 0 saturated heterocycles. The van der Waals surface area contributed by atoms with Crippen molar-refractivity contribution in [3.8, 4) is 0 Å². The minimum atomic E-state index is -0.649. The number of rotatable bonds is 6. The van der Waals surface area contributed by atoms with E-state index in [0.717, 1.165) is 25.8 Å². The SMILES string of the molecule is CCCCNC(N)(N)CCC. The second-order valence-corrected chi connectivity index (χ2v) is 3.07. The molecule has 0 aliphatic carbocycles. The van der Waals surface area contributed by atoms with Gasteiger partial charge in [0.2, 0.25) is 0 Å². The van der Waals surface area contributed by atoms with Gasteiger partial charge in [0.15, 0.2) is 0 Å². The first kappa shape index (κ1) is 10.9. The zero-order chi connectivity index (χ0) is 8.74. The van der Waals surface area contributed by atoms with Gasteiger partial charge in [-0.2, -0.15) is 0 Å². The summed E-state index contributed by atoms with van der Waals surface area (Å²) in [6.07, 6.45) is 4.16. The molecular weight excluding hydrogens is 138 g/mol. The largest absolute Gasteiger partial charge is 0.301 e. The molecule has 0 aromatic heterocycles. The minimum Gasteiger partial charge on any atom is -0.301 e. The molecular formula is C8H21N3. The van der Waals surface area contributed by atoms with Crippen molar-refractivity contribution in [2.24, 2.45) is 11.5 Å². The van der Waals surface area contributed by atoms with Gasteiger partial charge in [-0.3, -0.25) is 5.32 Å². The summed E-state index contributed by atoms with van der Waals surface area (Å²) in [5.41, 5.74) is 11.5. The van der Waals surface area contributed by atoms with Gasteiger partial charge in [0, 0.05) is 0 Å². The van der Waals surface area contributed by atoms with Crippen molar-refractivity contribution in [3.63, 3.8) is 0 Å². The Kier molecular flexibility index (Phi) is 5.46. The molecule has 0 heterocycles. The van der Waals surface area contributed by atoms with Gasteiger partial charge >= 0.3 is 0 Å². The summed E-state index contributed by atoms with van der Waals surface area (Å²) >= 11 is 0. The average molecular weight is 159 g/mol. The van der Waals surface area contributed by atoms with Crippen LogP contribution in [0, 0.1) is 0 Å². The number of unbranched alkanes of at least 4 members (excludes halogenated alkanes) is 1. The molecule has 11 heavy (non-hydrogen) atoms. The maximum atomic E-state index is 5.73. The Morgan fingerprint density at radius 1 is 1.18 bits per heavy atom. The third-order valence-electron chi connectivity index (χ3n) is 1.65. The molecule has 0 amide bonds. The van der Waals surface area contributed by atoms with Crippen LogP contribution in [0.25, 0.3) is 0 Å². The lowest BCUT2D eigenvalue weighted by Crippen LogP contribution is -2.61. The van der Waals surface area contributed by atoms with Gasteiger partial charge < -0.3 is 11.5 Å². The highest BCUT2D eigenvalue weighted by molar-refractivity contribution is 4.72. The van der Waals surface area contributed by atoms with E-state index in [1.54, 1.807) is 0 Å². The van der Waals surface area contributed by atoms with E-state index in [0.29, 0.717) is 0 Å². The van der Waals surface area contributed by atoms with Gasteiger partial charge in [-0.1, -0.05) is 26.7 Å². The van der Waals surface area contributed by atoms with Crippen LogP contribution in [0.5, 0.6) is 0 Å². The Morgan fingerprint density at radius 2 is 1.82 bits per heavy atom. The molecule has 0 unspecified atom stereocenters. The summed E-state index contributed by atoms with van der Waals surface area (Å²) in [5, 5.41) is 3.12. The van der Waals surface area contributed by atoms with E-state index in [2.05, 4.69) is 19.2 Å². The summed E-state index contributed by atoms with van der Waals surface area (Å²) in [4.78, 5) is 0. The van der Waals surface area contributed by atoms with Gasteiger partial charge in [-0.15, -0.1) is 0 Å². The fraction of sp³-hybridized carbons (Fsp3) is 1.00. The molecule has 0 radical (unpaired) electrons. The predicted octanol–water partition coefficient (Wildman–Crippen LogP) is 0.747. The number of hydrogen-bond donors (Lipinski definition) is 3. The Balaban J connectivity index is 3.38. The van der Waals surface area contributed by atoms with Crippen molar-refractivity contribution in [3.05, 3.63) is 0 Å². The molecule has 3 nitrogen and oxygen atoms in total. The van der Waals surface area contributed by atoms with Crippen LogP contribution in [-0.2, 0) is 0 Å². The first-order valence-corrected chi connectivity index (χ1v) is 4.45. The van der Waals surface area contributed by atoms with Crippen molar-refractivity contribution in [1.29, 1.82) is 0 Å². The summed E-state index contributed by atoms with van der Waals surface area (Å²) in [5.74, 6) is -0.649. The van der Waals surface area contributed by atoms with Crippen molar-refractivity contribution < 1.29 is 0 Å². The number of nitrogens with one attached hydrogen (secondary N) is 1. The van der Waals surface area contributed by atoms with Crippen LogP contribution in [0.1, 0.15) is 39.5 Å². The highest BCUT2D eigenvalue weighted by Crippen LogP contribution is 1.97. The predicted molar refractivity (Wildman–Crippen MR) is 48.9 cm³/mol. The highest BCUT2D eigenvalue weighted by atomic mass is 15.2. The summed E-state index contributed by atoms with van der Waals surface area (Å²) in [6.45, 7) is 5.15. The van der Waals surface area contributed by atoms with Gasteiger partial charge in [0.1, 0.15) is 5.79 Å². The van der Waals surface area contributed by atoms with Gasteiger partial charge in [-0.05, 0) is 19.4 Å².